The Labute approximate surface area is 158 Å². The van der Waals surface area contributed by atoms with Crippen LogP contribution >= 0.6 is 0 Å². The van der Waals surface area contributed by atoms with E-state index in [0.29, 0.717) is 22.4 Å². The van der Waals surface area contributed by atoms with Crippen molar-refractivity contribution in [3.63, 3.8) is 0 Å². The standard InChI is InChI=1S/C24H21NO2/c1-16-23(26)21(17-8-4-2-5-9-17)22(18-12-14-20(25)15-13-18)24(16,27)19-10-6-3-7-11-19/h2-16,27H,25H2,1H3. The fourth-order valence-corrected chi connectivity index (χ4v) is 3.93. The van der Waals surface area contributed by atoms with Crippen molar-refractivity contribution in [2.24, 2.45) is 5.92 Å². The van der Waals surface area contributed by atoms with E-state index in [1.165, 1.54) is 0 Å². The number of carbonyl (C=O) groups excluding carboxylic acids is 1. The van der Waals surface area contributed by atoms with Crippen molar-refractivity contribution in [1.29, 1.82) is 0 Å². The van der Waals surface area contributed by atoms with E-state index in [2.05, 4.69) is 0 Å². The Hall–Kier alpha value is -3.17. The molecule has 0 fully saturated rings. The Balaban J connectivity index is 2.05. The smallest absolute Gasteiger partial charge is 0.170 e. The van der Waals surface area contributed by atoms with Crippen LogP contribution in [0.1, 0.15) is 23.6 Å². The van der Waals surface area contributed by atoms with Crippen LogP contribution in [-0.2, 0) is 10.4 Å². The van der Waals surface area contributed by atoms with Crippen LogP contribution in [0.25, 0.3) is 11.1 Å². The molecule has 27 heavy (non-hydrogen) atoms. The lowest BCUT2D eigenvalue weighted by Gasteiger charge is -2.31. The largest absolute Gasteiger partial charge is 0.399 e. The first kappa shape index (κ1) is 17.3. The van der Waals surface area contributed by atoms with Gasteiger partial charge in [-0.2, -0.15) is 0 Å². The summed E-state index contributed by atoms with van der Waals surface area (Å²) in [7, 11) is 0. The third kappa shape index (κ3) is 2.68. The number of aliphatic hydroxyl groups is 1. The number of allylic oxidation sites excluding steroid dienone is 1. The Morgan fingerprint density at radius 2 is 1.37 bits per heavy atom. The van der Waals surface area contributed by atoms with Crippen LogP contribution in [0.5, 0.6) is 0 Å². The molecule has 0 bridgehead atoms. The van der Waals surface area contributed by atoms with Crippen molar-refractivity contribution in [2.45, 2.75) is 12.5 Å². The van der Waals surface area contributed by atoms with E-state index in [1.54, 1.807) is 19.1 Å². The lowest BCUT2D eigenvalue weighted by Crippen LogP contribution is -2.33. The Bertz CT molecular complexity index is 1010. The average molecular weight is 355 g/mol. The quantitative estimate of drug-likeness (QED) is 0.689. The molecule has 3 aromatic carbocycles. The topological polar surface area (TPSA) is 63.3 Å². The number of benzene rings is 3. The number of Topliss-reactive ketones (excluding diaryl/α,β-unsaturated/α-hetero) is 1. The molecule has 0 heterocycles. The van der Waals surface area contributed by atoms with Crippen LogP contribution in [0.2, 0.25) is 0 Å². The number of anilines is 1. The van der Waals surface area contributed by atoms with Gasteiger partial charge in [-0.3, -0.25) is 4.79 Å². The van der Waals surface area contributed by atoms with Gasteiger partial charge in [0.1, 0.15) is 5.60 Å². The first-order valence-corrected chi connectivity index (χ1v) is 9.01. The van der Waals surface area contributed by atoms with Crippen LogP contribution in [0.4, 0.5) is 5.69 Å². The summed E-state index contributed by atoms with van der Waals surface area (Å²) in [5.41, 5.74) is 8.62. The van der Waals surface area contributed by atoms with Gasteiger partial charge in [0, 0.05) is 16.8 Å². The normalized spacial score (nSPS) is 22.3. The van der Waals surface area contributed by atoms with Crippen LogP contribution in [0.15, 0.2) is 84.9 Å². The maximum atomic E-state index is 13.3. The summed E-state index contributed by atoms with van der Waals surface area (Å²) in [6, 6.07) is 26.3. The molecule has 1 aliphatic rings. The van der Waals surface area contributed by atoms with E-state index in [9.17, 15) is 9.90 Å². The second kappa shape index (κ2) is 6.53. The zero-order chi connectivity index (χ0) is 19.0. The molecule has 3 N–H and O–H groups in total. The van der Waals surface area contributed by atoms with Gasteiger partial charge in [-0.05, 0) is 28.8 Å². The molecule has 3 nitrogen and oxygen atoms in total. The number of nitrogen functional groups attached to an aromatic ring is 1. The van der Waals surface area contributed by atoms with Crippen molar-refractivity contribution in [3.05, 3.63) is 102 Å². The Morgan fingerprint density at radius 1 is 0.815 bits per heavy atom. The van der Waals surface area contributed by atoms with Crippen LogP contribution in [-0.4, -0.2) is 10.9 Å². The number of carbonyl (C=O) groups is 1. The second-order valence-electron chi connectivity index (χ2n) is 6.96. The molecule has 0 saturated carbocycles. The van der Waals surface area contributed by atoms with E-state index in [1.807, 2.05) is 72.8 Å². The summed E-state index contributed by atoms with van der Waals surface area (Å²) in [5, 5.41) is 11.9. The van der Waals surface area contributed by atoms with Crippen LogP contribution in [0, 0.1) is 5.92 Å². The molecule has 4 rings (SSSR count). The molecule has 1 aliphatic carbocycles. The lowest BCUT2D eigenvalue weighted by molar-refractivity contribution is -0.121. The first-order chi connectivity index (χ1) is 13.0. The fraction of sp³-hybridized carbons (Fsp3) is 0.125. The molecule has 0 aromatic heterocycles. The molecule has 0 amide bonds. The van der Waals surface area contributed by atoms with E-state index >= 15 is 0 Å². The number of hydrogen-bond acceptors (Lipinski definition) is 3. The van der Waals surface area contributed by atoms with Crippen molar-refractivity contribution in [2.75, 3.05) is 5.73 Å². The van der Waals surface area contributed by atoms with Gasteiger partial charge in [0.15, 0.2) is 5.78 Å². The maximum absolute atomic E-state index is 13.3. The minimum atomic E-state index is -1.40. The van der Waals surface area contributed by atoms with Gasteiger partial charge in [-0.25, -0.2) is 0 Å². The molecule has 2 unspecified atom stereocenters. The third-order valence-corrected chi connectivity index (χ3v) is 5.37. The van der Waals surface area contributed by atoms with E-state index < -0.39 is 11.5 Å². The average Bonchev–Trinajstić information content (AvgIpc) is 2.92. The summed E-state index contributed by atoms with van der Waals surface area (Å²) in [6.07, 6.45) is 0. The zero-order valence-corrected chi connectivity index (χ0v) is 15.1. The highest BCUT2D eigenvalue weighted by Crippen LogP contribution is 2.53. The van der Waals surface area contributed by atoms with Crippen molar-refractivity contribution in [3.8, 4) is 0 Å². The molecule has 134 valence electrons. The van der Waals surface area contributed by atoms with Crippen molar-refractivity contribution < 1.29 is 9.90 Å². The lowest BCUT2D eigenvalue weighted by atomic mass is 9.78. The SMILES string of the molecule is CC1C(=O)C(c2ccccc2)=C(c2ccc(N)cc2)C1(O)c1ccccc1. The Morgan fingerprint density at radius 3 is 1.96 bits per heavy atom. The van der Waals surface area contributed by atoms with E-state index in [-0.39, 0.29) is 5.78 Å². The minimum absolute atomic E-state index is 0.0561. The van der Waals surface area contributed by atoms with Crippen molar-refractivity contribution in [1.82, 2.24) is 0 Å². The second-order valence-corrected chi connectivity index (χ2v) is 6.96. The monoisotopic (exact) mass is 355 g/mol. The summed E-state index contributed by atoms with van der Waals surface area (Å²) in [6.45, 7) is 1.79. The molecule has 3 heteroatoms. The van der Waals surface area contributed by atoms with Gasteiger partial charge >= 0.3 is 0 Å². The number of nitrogens with two attached hydrogens (primary N) is 1. The van der Waals surface area contributed by atoms with Gasteiger partial charge < -0.3 is 10.8 Å². The predicted molar refractivity (Wildman–Crippen MR) is 109 cm³/mol. The van der Waals surface area contributed by atoms with E-state index in [0.717, 1.165) is 11.1 Å². The van der Waals surface area contributed by atoms with Crippen molar-refractivity contribution >= 4 is 22.6 Å². The first-order valence-electron chi connectivity index (χ1n) is 9.01. The summed E-state index contributed by atoms with van der Waals surface area (Å²) in [5.74, 6) is -0.651. The molecular formula is C24H21NO2. The number of ketones is 1. The molecule has 0 spiro atoms. The molecular weight excluding hydrogens is 334 g/mol. The van der Waals surface area contributed by atoms with Gasteiger partial charge in [0.2, 0.25) is 0 Å². The van der Waals surface area contributed by atoms with Crippen LogP contribution in [0.3, 0.4) is 0 Å². The zero-order valence-electron chi connectivity index (χ0n) is 15.1. The highest BCUT2D eigenvalue weighted by Gasteiger charge is 2.52. The van der Waals surface area contributed by atoms with Crippen LogP contribution < -0.4 is 5.73 Å². The summed E-state index contributed by atoms with van der Waals surface area (Å²) < 4.78 is 0. The fourth-order valence-electron chi connectivity index (χ4n) is 3.93. The van der Waals surface area contributed by atoms with Gasteiger partial charge in [-0.1, -0.05) is 79.7 Å². The third-order valence-electron chi connectivity index (χ3n) is 5.37. The number of hydrogen-bond donors (Lipinski definition) is 2. The summed E-state index contributed by atoms with van der Waals surface area (Å²) in [4.78, 5) is 13.3. The van der Waals surface area contributed by atoms with Gasteiger partial charge in [0.05, 0.1) is 5.92 Å². The molecule has 3 aromatic rings. The molecule has 0 aliphatic heterocycles. The molecule has 0 saturated heterocycles. The summed E-state index contributed by atoms with van der Waals surface area (Å²) >= 11 is 0. The van der Waals surface area contributed by atoms with E-state index in [4.69, 9.17) is 5.73 Å². The highest BCUT2D eigenvalue weighted by molar-refractivity contribution is 6.33. The highest BCUT2D eigenvalue weighted by atomic mass is 16.3. The predicted octanol–water partition coefficient (Wildman–Crippen LogP) is 4.29. The minimum Gasteiger partial charge on any atom is -0.399 e. The maximum Gasteiger partial charge on any atom is 0.170 e. The number of rotatable bonds is 3. The van der Waals surface area contributed by atoms with Gasteiger partial charge in [-0.15, -0.1) is 0 Å². The molecule has 0 radical (unpaired) electrons. The molecule has 2 atom stereocenters. The Kier molecular flexibility index (Phi) is 4.17. The van der Waals surface area contributed by atoms with Gasteiger partial charge in [0.25, 0.3) is 0 Å².